The smallest absolute Gasteiger partial charge is 0.0332 e. The normalized spacial score (nSPS) is 20.1. The minimum atomic E-state index is 0. The van der Waals surface area contributed by atoms with Gasteiger partial charge in [0.1, 0.15) is 0 Å². The van der Waals surface area contributed by atoms with Gasteiger partial charge in [-0.1, -0.05) is 38.1 Å². The lowest BCUT2D eigenvalue weighted by molar-refractivity contribution is 0.383. The number of nitrogens with one attached hydrogen (secondary N) is 1. The van der Waals surface area contributed by atoms with Gasteiger partial charge in [0.05, 0.1) is 0 Å². The largest absolute Gasteiger partial charge is 0.310 e. The summed E-state index contributed by atoms with van der Waals surface area (Å²) in [6.45, 7) is 5.66. The van der Waals surface area contributed by atoms with E-state index in [9.17, 15) is 0 Å². The first-order valence-electron chi connectivity index (χ1n) is 5.10. The molecule has 0 bridgehead atoms. The third kappa shape index (κ3) is 2.28. The van der Waals surface area contributed by atoms with Gasteiger partial charge in [0, 0.05) is 6.04 Å². The van der Waals surface area contributed by atoms with Crippen LogP contribution < -0.4 is 5.32 Å². The zero-order valence-corrected chi connectivity index (χ0v) is 9.60. The summed E-state index contributed by atoms with van der Waals surface area (Å²) in [5, 5.41) is 3.43. The van der Waals surface area contributed by atoms with Crippen LogP contribution in [0.3, 0.4) is 0 Å². The molecule has 0 aliphatic carbocycles. The minimum absolute atomic E-state index is 0. The molecule has 0 unspecified atom stereocenters. The van der Waals surface area contributed by atoms with Crippen LogP contribution in [0, 0.1) is 0 Å². The Bertz CT molecular complexity index is 292. The summed E-state index contributed by atoms with van der Waals surface area (Å²) in [7, 11) is 0. The molecule has 1 saturated heterocycles. The summed E-state index contributed by atoms with van der Waals surface area (Å²) in [5.41, 5.74) is 2.91. The Kier molecular flexibility index (Phi) is 3.97. The molecule has 1 heterocycles. The molecule has 0 aromatic heterocycles. The van der Waals surface area contributed by atoms with Crippen LogP contribution in [-0.4, -0.2) is 6.54 Å². The lowest BCUT2D eigenvalue weighted by Gasteiger charge is -2.28. The van der Waals surface area contributed by atoms with Crippen molar-refractivity contribution in [2.45, 2.75) is 32.2 Å². The van der Waals surface area contributed by atoms with Gasteiger partial charge in [0.25, 0.3) is 0 Å². The fraction of sp³-hybridized carbons (Fsp3) is 0.500. The van der Waals surface area contributed by atoms with Gasteiger partial charge in [-0.15, -0.1) is 12.4 Å². The van der Waals surface area contributed by atoms with Gasteiger partial charge in [-0.25, -0.2) is 0 Å². The molecular formula is C12H18ClN. The number of rotatable bonds is 2. The average molecular weight is 212 g/mol. The first-order chi connectivity index (χ1) is 6.27. The third-order valence-corrected chi connectivity index (χ3v) is 2.80. The summed E-state index contributed by atoms with van der Waals surface area (Å²) < 4.78 is 0. The van der Waals surface area contributed by atoms with Gasteiger partial charge in [-0.3, -0.25) is 0 Å². The van der Waals surface area contributed by atoms with E-state index in [0.717, 1.165) is 0 Å². The highest BCUT2D eigenvalue weighted by molar-refractivity contribution is 5.85. The van der Waals surface area contributed by atoms with Crippen LogP contribution in [0.4, 0.5) is 0 Å². The van der Waals surface area contributed by atoms with E-state index in [4.69, 9.17) is 0 Å². The lowest BCUT2D eigenvalue weighted by Crippen LogP contribution is -2.34. The van der Waals surface area contributed by atoms with Gasteiger partial charge in [0.2, 0.25) is 0 Å². The molecule has 0 spiro atoms. The van der Waals surface area contributed by atoms with E-state index in [1.165, 1.54) is 24.1 Å². The highest BCUT2D eigenvalue weighted by Gasteiger charge is 2.18. The maximum atomic E-state index is 3.43. The summed E-state index contributed by atoms with van der Waals surface area (Å²) in [5.74, 6) is 0.639. The van der Waals surface area contributed by atoms with Crippen molar-refractivity contribution in [2.24, 2.45) is 0 Å². The van der Waals surface area contributed by atoms with Gasteiger partial charge >= 0.3 is 0 Å². The topological polar surface area (TPSA) is 12.0 Å². The van der Waals surface area contributed by atoms with Gasteiger partial charge in [-0.05, 0) is 30.0 Å². The number of hydrogen-bond acceptors (Lipinski definition) is 1. The average Bonchev–Trinajstić information content (AvgIpc) is 2.01. The molecule has 0 radical (unpaired) electrons. The van der Waals surface area contributed by atoms with Gasteiger partial charge < -0.3 is 5.32 Å². The quantitative estimate of drug-likeness (QED) is 0.792. The van der Waals surface area contributed by atoms with Crippen LogP contribution in [0.5, 0.6) is 0 Å². The highest BCUT2D eigenvalue weighted by atomic mass is 35.5. The number of hydrogen-bond donors (Lipinski definition) is 1. The number of benzene rings is 1. The Morgan fingerprint density at radius 1 is 1.36 bits per heavy atom. The summed E-state index contributed by atoms with van der Waals surface area (Å²) in [6.07, 6.45) is 1.29. The molecule has 1 nitrogen and oxygen atoms in total. The Balaban J connectivity index is 0.000000980. The van der Waals surface area contributed by atoms with Crippen LogP contribution in [0.2, 0.25) is 0 Å². The zero-order chi connectivity index (χ0) is 9.26. The first-order valence-corrected chi connectivity index (χ1v) is 5.10. The molecule has 0 saturated carbocycles. The van der Waals surface area contributed by atoms with E-state index >= 15 is 0 Å². The van der Waals surface area contributed by atoms with Crippen LogP contribution in [0.15, 0.2) is 24.3 Å². The van der Waals surface area contributed by atoms with Crippen molar-refractivity contribution in [1.82, 2.24) is 5.32 Å². The Morgan fingerprint density at radius 2 is 2.07 bits per heavy atom. The first kappa shape index (κ1) is 11.5. The van der Waals surface area contributed by atoms with Gasteiger partial charge in [-0.2, -0.15) is 0 Å². The second kappa shape index (κ2) is 4.81. The molecule has 1 aromatic carbocycles. The van der Waals surface area contributed by atoms with E-state index in [0.29, 0.717) is 12.0 Å². The van der Waals surface area contributed by atoms with Crippen molar-refractivity contribution in [3.8, 4) is 0 Å². The lowest BCUT2D eigenvalue weighted by atomic mass is 9.93. The van der Waals surface area contributed by atoms with Crippen molar-refractivity contribution in [1.29, 1.82) is 0 Å². The highest BCUT2D eigenvalue weighted by Crippen LogP contribution is 2.25. The van der Waals surface area contributed by atoms with Crippen molar-refractivity contribution in [3.05, 3.63) is 35.4 Å². The molecule has 1 atom stereocenters. The van der Waals surface area contributed by atoms with Crippen molar-refractivity contribution >= 4 is 12.4 Å². The SMILES string of the molecule is CC(C)c1cccc([C@@H]2CCN2)c1.Cl. The van der Waals surface area contributed by atoms with Crippen LogP contribution in [0.1, 0.15) is 43.4 Å². The summed E-state index contributed by atoms with van der Waals surface area (Å²) in [6, 6.07) is 9.57. The molecule has 1 N–H and O–H groups in total. The molecule has 2 rings (SSSR count). The summed E-state index contributed by atoms with van der Waals surface area (Å²) in [4.78, 5) is 0. The second-order valence-corrected chi connectivity index (χ2v) is 4.12. The maximum Gasteiger partial charge on any atom is 0.0332 e. The minimum Gasteiger partial charge on any atom is -0.310 e. The van der Waals surface area contributed by atoms with Crippen molar-refractivity contribution in [2.75, 3.05) is 6.54 Å². The van der Waals surface area contributed by atoms with E-state index in [1.807, 2.05) is 0 Å². The van der Waals surface area contributed by atoms with Crippen molar-refractivity contribution in [3.63, 3.8) is 0 Å². The molecule has 0 amide bonds. The Morgan fingerprint density at radius 3 is 2.57 bits per heavy atom. The Labute approximate surface area is 92.3 Å². The fourth-order valence-corrected chi connectivity index (χ4v) is 1.71. The second-order valence-electron chi connectivity index (χ2n) is 4.12. The fourth-order valence-electron chi connectivity index (χ4n) is 1.71. The third-order valence-electron chi connectivity index (χ3n) is 2.80. The molecular weight excluding hydrogens is 194 g/mol. The molecule has 1 aliphatic rings. The summed E-state index contributed by atoms with van der Waals surface area (Å²) >= 11 is 0. The molecule has 1 aromatic rings. The molecule has 2 heteroatoms. The van der Waals surface area contributed by atoms with Gasteiger partial charge in [0.15, 0.2) is 0 Å². The van der Waals surface area contributed by atoms with Crippen LogP contribution in [0.25, 0.3) is 0 Å². The maximum absolute atomic E-state index is 3.43. The molecule has 14 heavy (non-hydrogen) atoms. The predicted octanol–water partition coefficient (Wildman–Crippen LogP) is 3.27. The molecule has 78 valence electrons. The monoisotopic (exact) mass is 211 g/mol. The van der Waals surface area contributed by atoms with E-state index in [1.54, 1.807) is 0 Å². The predicted molar refractivity (Wildman–Crippen MR) is 63.1 cm³/mol. The van der Waals surface area contributed by atoms with E-state index in [-0.39, 0.29) is 12.4 Å². The van der Waals surface area contributed by atoms with E-state index in [2.05, 4.69) is 43.4 Å². The molecule has 1 fully saturated rings. The van der Waals surface area contributed by atoms with E-state index < -0.39 is 0 Å². The zero-order valence-electron chi connectivity index (χ0n) is 8.79. The molecule has 1 aliphatic heterocycles. The van der Waals surface area contributed by atoms with Crippen LogP contribution in [-0.2, 0) is 0 Å². The standard InChI is InChI=1S/C12H17N.ClH/c1-9(2)10-4-3-5-11(8-10)12-6-7-13-12;/h3-5,8-9,12-13H,6-7H2,1-2H3;1H/t12-;/m0./s1. The number of halogens is 1. The van der Waals surface area contributed by atoms with Crippen LogP contribution >= 0.6 is 12.4 Å². The van der Waals surface area contributed by atoms with Crippen molar-refractivity contribution < 1.29 is 0 Å². The Hall–Kier alpha value is -0.530.